The first-order valence-corrected chi connectivity index (χ1v) is 6.89. The van der Waals surface area contributed by atoms with Crippen LogP contribution in [0.5, 0.6) is 0 Å². The number of primary amides is 1. The molecule has 1 aliphatic heterocycles. The Morgan fingerprint density at radius 2 is 2.15 bits per heavy atom. The first-order chi connectivity index (χ1) is 9.40. The topological polar surface area (TPSA) is 94.3 Å². The van der Waals surface area contributed by atoms with E-state index >= 15 is 0 Å². The summed E-state index contributed by atoms with van der Waals surface area (Å²) in [6.07, 6.45) is 3.32. The van der Waals surface area contributed by atoms with Gasteiger partial charge in [0.1, 0.15) is 0 Å². The van der Waals surface area contributed by atoms with Gasteiger partial charge in [0.25, 0.3) is 5.56 Å². The largest absolute Gasteiger partial charge is 0.398 e. The van der Waals surface area contributed by atoms with Crippen molar-refractivity contribution in [2.24, 2.45) is 11.1 Å². The zero-order chi connectivity index (χ0) is 14.8. The van der Waals surface area contributed by atoms with Crippen LogP contribution in [0.1, 0.15) is 19.8 Å². The molecule has 0 radical (unpaired) electrons. The molecule has 2 heterocycles. The molecule has 4 N–H and O–H groups in total. The number of nitrogens with zero attached hydrogens (tertiary/aromatic N) is 2. The van der Waals surface area contributed by atoms with Gasteiger partial charge in [-0.1, -0.05) is 0 Å². The first-order valence-electron chi connectivity index (χ1n) is 6.89. The van der Waals surface area contributed by atoms with Crippen molar-refractivity contribution in [3.8, 4) is 0 Å². The zero-order valence-corrected chi connectivity index (χ0v) is 11.8. The van der Waals surface area contributed by atoms with Gasteiger partial charge in [0.05, 0.1) is 5.41 Å². The second-order valence-electron chi connectivity index (χ2n) is 5.80. The highest BCUT2D eigenvalue weighted by molar-refractivity contribution is 5.81. The van der Waals surface area contributed by atoms with Crippen LogP contribution < -0.4 is 17.0 Å². The van der Waals surface area contributed by atoms with E-state index in [4.69, 9.17) is 11.5 Å². The second-order valence-corrected chi connectivity index (χ2v) is 5.80. The van der Waals surface area contributed by atoms with E-state index < -0.39 is 5.41 Å². The number of hydrogen-bond donors (Lipinski definition) is 2. The number of aryl methyl sites for hydroxylation is 1. The summed E-state index contributed by atoms with van der Waals surface area (Å²) in [6, 6.07) is 3.09. The summed E-state index contributed by atoms with van der Waals surface area (Å²) in [5, 5.41) is 0. The molecule has 1 atom stereocenters. The molecule has 0 bridgehead atoms. The highest BCUT2D eigenvalue weighted by atomic mass is 16.1. The van der Waals surface area contributed by atoms with E-state index in [1.165, 1.54) is 6.07 Å². The molecule has 110 valence electrons. The van der Waals surface area contributed by atoms with Gasteiger partial charge in [-0.25, -0.2) is 0 Å². The van der Waals surface area contributed by atoms with E-state index in [2.05, 4.69) is 4.90 Å². The molecule has 6 heteroatoms. The van der Waals surface area contributed by atoms with Crippen molar-refractivity contribution in [1.29, 1.82) is 0 Å². The van der Waals surface area contributed by atoms with Crippen LogP contribution in [-0.2, 0) is 11.3 Å². The van der Waals surface area contributed by atoms with Gasteiger partial charge in [0, 0.05) is 31.0 Å². The lowest BCUT2D eigenvalue weighted by Gasteiger charge is -2.21. The minimum Gasteiger partial charge on any atom is -0.398 e. The lowest BCUT2D eigenvalue weighted by Crippen LogP contribution is -2.37. The molecule has 0 spiro atoms. The van der Waals surface area contributed by atoms with Crippen LogP contribution >= 0.6 is 0 Å². The van der Waals surface area contributed by atoms with Gasteiger partial charge < -0.3 is 20.9 Å². The Morgan fingerprint density at radius 1 is 1.40 bits per heavy atom. The van der Waals surface area contributed by atoms with Gasteiger partial charge >= 0.3 is 0 Å². The molecule has 1 fully saturated rings. The van der Waals surface area contributed by atoms with Crippen molar-refractivity contribution in [3.05, 3.63) is 28.7 Å². The quantitative estimate of drug-likeness (QED) is 0.793. The second kappa shape index (κ2) is 5.66. The van der Waals surface area contributed by atoms with E-state index in [0.29, 0.717) is 18.8 Å². The summed E-state index contributed by atoms with van der Waals surface area (Å²) in [6.45, 7) is 4.98. The molecule has 1 aromatic heterocycles. The molecular weight excluding hydrogens is 256 g/mol. The number of likely N-dealkylation sites (tertiary alicyclic amines) is 1. The molecule has 0 aliphatic carbocycles. The van der Waals surface area contributed by atoms with Crippen molar-refractivity contribution >= 4 is 11.6 Å². The Bertz CT molecular complexity index is 554. The normalized spacial score (nSPS) is 23.1. The Balaban J connectivity index is 1.84. The number of carbonyl (C=O) groups excluding carboxylic acids is 1. The van der Waals surface area contributed by atoms with Gasteiger partial charge in [-0.2, -0.15) is 0 Å². The van der Waals surface area contributed by atoms with E-state index in [1.807, 2.05) is 6.92 Å². The molecule has 20 heavy (non-hydrogen) atoms. The lowest BCUT2D eigenvalue weighted by atomic mass is 9.89. The van der Waals surface area contributed by atoms with Crippen LogP contribution in [0, 0.1) is 5.41 Å². The number of nitrogen functional groups attached to an aromatic ring is 1. The number of rotatable bonds is 5. The summed E-state index contributed by atoms with van der Waals surface area (Å²) in [4.78, 5) is 25.2. The number of carbonyl (C=O) groups is 1. The summed E-state index contributed by atoms with van der Waals surface area (Å²) < 4.78 is 1.62. The molecule has 1 saturated heterocycles. The molecule has 1 amide bonds. The maximum Gasteiger partial charge on any atom is 0.250 e. The van der Waals surface area contributed by atoms with E-state index in [1.54, 1.807) is 16.8 Å². The number of aromatic nitrogens is 1. The van der Waals surface area contributed by atoms with Crippen molar-refractivity contribution in [2.75, 3.05) is 25.4 Å². The van der Waals surface area contributed by atoms with E-state index in [0.717, 1.165) is 25.9 Å². The highest BCUT2D eigenvalue weighted by Crippen LogP contribution is 2.29. The van der Waals surface area contributed by atoms with Crippen molar-refractivity contribution < 1.29 is 4.79 Å². The van der Waals surface area contributed by atoms with Crippen LogP contribution in [0.2, 0.25) is 0 Å². The number of hydrogen-bond acceptors (Lipinski definition) is 4. The molecule has 1 aromatic rings. The van der Waals surface area contributed by atoms with E-state index in [-0.39, 0.29) is 11.5 Å². The Kier molecular flexibility index (Phi) is 4.13. The third kappa shape index (κ3) is 3.19. The molecule has 0 aromatic carbocycles. The minimum atomic E-state index is -0.409. The SMILES string of the molecule is CC1(C(N)=O)CCN(CCCn2cc(N)ccc2=O)C1. The predicted molar refractivity (Wildman–Crippen MR) is 78.1 cm³/mol. The van der Waals surface area contributed by atoms with Gasteiger partial charge in [0.15, 0.2) is 0 Å². The summed E-state index contributed by atoms with van der Waals surface area (Å²) in [7, 11) is 0. The Morgan fingerprint density at radius 3 is 2.80 bits per heavy atom. The third-order valence-electron chi connectivity index (χ3n) is 4.03. The lowest BCUT2D eigenvalue weighted by molar-refractivity contribution is -0.126. The third-order valence-corrected chi connectivity index (χ3v) is 4.03. The molecule has 1 unspecified atom stereocenters. The maximum absolute atomic E-state index is 11.6. The summed E-state index contributed by atoms with van der Waals surface area (Å²) >= 11 is 0. The number of nitrogens with two attached hydrogens (primary N) is 2. The van der Waals surface area contributed by atoms with Crippen molar-refractivity contribution in [3.63, 3.8) is 0 Å². The van der Waals surface area contributed by atoms with Crippen molar-refractivity contribution in [2.45, 2.75) is 26.3 Å². The minimum absolute atomic E-state index is 0.0393. The van der Waals surface area contributed by atoms with Gasteiger partial charge in [0.2, 0.25) is 5.91 Å². The van der Waals surface area contributed by atoms with Crippen LogP contribution in [0.15, 0.2) is 23.1 Å². The number of pyridine rings is 1. The van der Waals surface area contributed by atoms with Crippen molar-refractivity contribution in [1.82, 2.24) is 9.47 Å². The summed E-state index contributed by atoms with van der Waals surface area (Å²) in [5.41, 5.74) is 11.2. The molecule has 0 saturated carbocycles. The van der Waals surface area contributed by atoms with Gasteiger partial charge in [-0.05, 0) is 38.9 Å². The van der Waals surface area contributed by atoms with Gasteiger partial charge in [-0.15, -0.1) is 0 Å². The number of anilines is 1. The standard InChI is InChI=1S/C14H22N4O2/c1-14(13(16)20)5-8-17(10-14)6-2-7-18-9-11(15)3-4-12(18)19/h3-4,9H,2,5-8,10,15H2,1H3,(H2,16,20). The molecule has 2 rings (SSSR count). The maximum atomic E-state index is 11.6. The first kappa shape index (κ1) is 14.6. The fraction of sp³-hybridized carbons (Fsp3) is 0.571. The Hall–Kier alpha value is -1.82. The van der Waals surface area contributed by atoms with Crippen LogP contribution in [0.3, 0.4) is 0 Å². The average molecular weight is 278 g/mol. The zero-order valence-electron chi connectivity index (χ0n) is 11.8. The molecule has 1 aliphatic rings. The highest BCUT2D eigenvalue weighted by Gasteiger charge is 2.38. The fourth-order valence-corrected chi connectivity index (χ4v) is 2.64. The number of amides is 1. The van der Waals surface area contributed by atoms with Crippen LogP contribution in [-0.4, -0.2) is 35.0 Å². The Labute approximate surface area is 118 Å². The monoisotopic (exact) mass is 278 g/mol. The van der Waals surface area contributed by atoms with Crippen LogP contribution in [0.25, 0.3) is 0 Å². The van der Waals surface area contributed by atoms with Crippen LogP contribution in [0.4, 0.5) is 5.69 Å². The molecular formula is C14H22N4O2. The smallest absolute Gasteiger partial charge is 0.250 e. The fourth-order valence-electron chi connectivity index (χ4n) is 2.64. The summed E-state index contributed by atoms with van der Waals surface area (Å²) in [5.74, 6) is -0.230. The van der Waals surface area contributed by atoms with E-state index in [9.17, 15) is 9.59 Å². The van der Waals surface area contributed by atoms with Gasteiger partial charge in [-0.3, -0.25) is 9.59 Å². The molecule has 6 nitrogen and oxygen atoms in total. The predicted octanol–water partition coefficient (Wildman–Crippen LogP) is 0.0179. The average Bonchev–Trinajstić information content (AvgIpc) is 2.77.